The van der Waals surface area contributed by atoms with Gasteiger partial charge in [0.1, 0.15) is 0 Å². The van der Waals surface area contributed by atoms with Gasteiger partial charge in [-0.15, -0.1) is 0 Å². The van der Waals surface area contributed by atoms with Crippen molar-refractivity contribution in [3.05, 3.63) is 34.9 Å². The minimum Gasteiger partial charge on any atom is -0.481 e. The summed E-state index contributed by atoms with van der Waals surface area (Å²) in [7, 11) is 1.68. The van der Waals surface area contributed by atoms with Gasteiger partial charge in [-0.1, -0.05) is 23.7 Å². The van der Waals surface area contributed by atoms with Crippen LogP contribution in [0, 0.1) is 11.3 Å². The summed E-state index contributed by atoms with van der Waals surface area (Å²) in [4.78, 5) is 16.4. The molecule has 1 aromatic rings. The lowest BCUT2D eigenvalue weighted by Crippen LogP contribution is -2.41. The number of likely N-dealkylation sites (tertiary alicyclic amines) is 2. The van der Waals surface area contributed by atoms with Crippen LogP contribution in [0.2, 0.25) is 5.02 Å². The number of halogens is 1. The van der Waals surface area contributed by atoms with Gasteiger partial charge >= 0.3 is 5.97 Å². The first-order chi connectivity index (χ1) is 11.0. The molecule has 2 fully saturated rings. The van der Waals surface area contributed by atoms with Crippen LogP contribution in [0.15, 0.2) is 24.3 Å². The van der Waals surface area contributed by atoms with Crippen LogP contribution >= 0.6 is 11.6 Å². The maximum atomic E-state index is 12.0. The molecule has 0 bridgehead atoms. The third kappa shape index (κ3) is 3.38. The molecule has 0 aliphatic carbocycles. The second-order valence-electron chi connectivity index (χ2n) is 6.68. The fraction of sp³-hybridized carbons (Fsp3) is 0.588. The summed E-state index contributed by atoms with van der Waals surface area (Å²) in [5.74, 6) is -0.481. The van der Waals surface area contributed by atoms with E-state index in [0.29, 0.717) is 19.7 Å². The van der Waals surface area contributed by atoms with E-state index in [1.54, 1.807) is 7.11 Å². The molecular formula is C17H23ClN2O3. The number of hydrogen-bond acceptors (Lipinski definition) is 4. The van der Waals surface area contributed by atoms with Crippen LogP contribution < -0.4 is 0 Å². The van der Waals surface area contributed by atoms with Crippen LogP contribution in [0.25, 0.3) is 0 Å². The van der Waals surface area contributed by atoms with E-state index in [2.05, 4.69) is 9.80 Å². The number of carboxylic acids is 1. The van der Waals surface area contributed by atoms with E-state index >= 15 is 0 Å². The minimum atomic E-state index is -0.666. The molecule has 1 N–H and O–H groups in total. The summed E-state index contributed by atoms with van der Waals surface area (Å²) in [6.07, 6.45) is 0. The Balaban J connectivity index is 1.66. The Bertz CT molecular complexity index is 565. The summed E-state index contributed by atoms with van der Waals surface area (Å²) < 4.78 is 5.12. The first-order valence-electron chi connectivity index (χ1n) is 7.95. The van der Waals surface area contributed by atoms with E-state index in [1.165, 1.54) is 5.56 Å². The second-order valence-corrected chi connectivity index (χ2v) is 7.12. The third-order valence-electron chi connectivity index (χ3n) is 5.11. The van der Waals surface area contributed by atoms with Crippen LogP contribution in [-0.4, -0.2) is 67.3 Å². The number of rotatable bonds is 6. The molecule has 2 saturated heterocycles. The fourth-order valence-electron chi connectivity index (χ4n) is 3.93. The molecule has 0 amide bonds. The van der Waals surface area contributed by atoms with Gasteiger partial charge in [-0.2, -0.15) is 0 Å². The Kier molecular flexibility index (Phi) is 4.92. The molecule has 0 unspecified atom stereocenters. The van der Waals surface area contributed by atoms with E-state index in [-0.39, 0.29) is 5.92 Å². The van der Waals surface area contributed by atoms with E-state index in [4.69, 9.17) is 16.3 Å². The van der Waals surface area contributed by atoms with Crippen molar-refractivity contribution >= 4 is 17.6 Å². The molecule has 2 aliphatic rings. The zero-order valence-electron chi connectivity index (χ0n) is 13.4. The molecule has 2 heterocycles. The fourth-order valence-corrected chi connectivity index (χ4v) is 4.06. The predicted molar refractivity (Wildman–Crippen MR) is 88.6 cm³/mol. The molecule has 6 heteroatoms. The standard InChI is InChI=1S/C17H23ClN2O3/c1-23-7-6-19-9-14-10-20(12-17(14,11-19)16(21)22)8-13-2-4-15(18)5-3-13/h2-5,14H,6-12H2,1H3,(H,21,22)/t14-,17-/m1/s1. The van der Waals surface area contributed by atoms with E-state index in [0.717, 1.165) is 31.2 Å². The van der Waals surface area contributed by atoms with E-state index in [1.807, 2.05) is 24.3 Å². The molecule has 5 nitrogen and oxygen atoms in total. The molecule has 126 valence electrons. The zero-order valence-corrected chi connectivity index (χ0v) is 14.1. The largest absolute Gasteiger partial charge is 0.481 e. The molecule has 0 spiro atoms. The third-order valence-corrected chi connectivity index (χ3v) is 5.36. The van der Waals surface area contributed by atoms with Gasteiger partial charge in [-0.3, -0.25) is 14.6 Å². The zero-order chi connectivity index (χ0) is 16.4. The highest BCUT2D eigenvalue weighted by molar-refractivity contribution is 6.30. The average molecular weight is 339 g/mol. The summed E-state index contributed by atoms with van der Waals surface area (Å²) in [6, 6.07) is 7.78. The number of nitrogens with zero attached hydrogens (tertiary/aromatic N) is 2. The number of methoxy groups -OCH3 is 1. The summed E-state index contributed by atoms with van der Waals surface area (Å²) in [5.41, 5.74) is 0.534. The minimum absolute atomic E-state index is 0.184. The van der Waals surface area contributed by atoms with Gasteiger partial charge in [0.15, 0.2) is 0 Å². The number of benzene rings is 1. The quantitative estimate of drug-likeness (QED) is 0.857. The summed E-state index contributed by atoms with van der Waals surface area (Å²) >= 11 is 5.92. The van der Waals surface area contributed by atoms with Crippen LogP contribution in [0.3, 0.4) is 0 Å². The van der Waals surface area contributed by atoms with Crippen LogP contribution in [0.4, 0.5) is 0 Å². The van der Waals surface area contributed by atoms with E-state index < -0.39 is 11.4 Å². The number of hydrogen-bond donors (Lipinski definition) is 1. The Morgan fingerprint density at radius 1 is 1.30 bits per heavy atom. The molecule has 3 rings (SSSR count). The topological polar surface area (TPSA) is 53.0 Å². The predicted octanol–water partition coefficient (Wildman–Crippen LogP) is 1.80. The number of carbonyl (C=O) groups is 1. The first kappa shape index (κ1) is 16.7. The highest BCUT2D eigenvalue weighted by atomic mass is 35.5. The van der Waals surface area contributed by atoms with Crippen molar-refractivity contribution in [2.75, 3.05) is 46.4 Å². The van der Waals surface area contributed by atoms with Crippen LogP contribution in [0.5, 0.6) is 0 Å². The average Bonchev–Trinajstić information content (AvgIpc) is 3.02. The van der Waals surface area contributed by atoms with Gasteiger partial charge in [-0.05, 0) is 17.7 Å². The van der Waals surface area contributed by atoms with Crippen molar-refractivity contribution < 1.29 is 14.6 Å². The van der Waals surface area contributed by atoms with Gasteiger partial charge in [0.25, 0.3) is 0 Å². The molecule has 1 aromatic carbocycles. The summed E-state index contributed by atoms with van der Waals surface area (Å²) in [6.45, 7) is 5.13. The van der Waals surface area contributed by atoms with Crippen LogP contribution in [0.1, 0.15) is 5.56 Å². The maximum absolute atomic E-state index is 12.0. The van der Waals surface area contributed by atoms with Crippen molar-refractivity contribution in [1.29, 1.82) is 0 Å². The van der Waals surface area contributed by atoms with Crippen molar-refractivity contribution in [3.63, 3.8) is 0 Å². The molecule has 2 aliphatic heterocycles. The monoisotopic (exact) mass is 338 g/mol. The number of aliphatic carboxylic acids is 1. The van der Waals surface area contributed by atoms with Gasteiger partial charge < -0.3 is 9.84 Å². The Labute approximate surface area is 141 Å². The lowest BCUT2D eigenvalue weighted by molar-refractivity contribution is -0.149. The van der Waals surface area contributed by atoms with Gasteiger partial charge in [0.05, 0.1) is 12.0 Å². The normalized spacial score (nSPS) is 28.2. The highest BCUT2D eigenvalue weighted by Gasteiger charge is 2.57. The second kappa shape index (κ2) is 6.77. The lowest BCUT2D eigenvalue weighted by atomic mass is 9.81. The first-order valence-corrected chi connectivity index (χ1v) is 8.33. The Morgan fingerprint density at radius 2 is 1.96 bits per heavy atom. The summed E-state index contributed by atoms with van der Waals surface area (Å²) in [5, 5.41) is 10.6. The van der Waals surface area contributed by atoms with E-state index in [9.17, 15) is 9.90 Å². The molecule has 0 radical (unpaired) electrons. The van der Waals surface area contributed by atoms with Gasteiger partial charge in [0.2, 0.25) is 0 Å². The van der Waals surface area contributed by atoms with Crippen LogP contribution in [-0.2, 0) is 16.1 Å². The number of ether oxygens (including phenoxy) is 1. The molecule has 23 heavy (non-hydrogen) atoms. The highest BCUT2D eigenvalue weighted by Crippen LogP contribution is 2.43. The van der Waals surface area contributed by atoms with Crippen molar-refractivity contribution in [1.82, 2.24) is 9.80 Å². The van der Waals surface area contributed by atoms with Crippen molar-refractivity contribution in [2.24, 2.45) is 11.3 Å². The molecule has 2 atom stereocenters. The molecular weight excluding hydrogens is 316 g/mol. The van der Waals surface area contributed by atoms with Crippen molar-refractivity contribution in [3.8, 4) is 0 Å². The smallest absolute Gasteiger partial charge is 0.312 e. The molecule has 0 saturated carbocycles. The number of carboxylic acid groups (broad SMARTS) is 1. The van der Waals surface area contributed by atoms with Gasteiger partial charge in [-0.25, -0.2) is 0 Å². The Morgan fingerprint density at radius 3 is 2.57 bits per heavy atom. The van der Waals surface area contributed by atoms with Crippen molar-refractivity contribution in [2.45, 2.75) is 6.54 Å². The SMILES string of the molecule is COCCN1C[C@@H]2CN(Cc3ccc(Cl)cc3)C[C@]2(C(=O)O)C1. The van der Waals surface area contributed by atoms with Gasteiger partial charge in [0, 0.05) is 57.3 Å². The maximum Gasteiger partial charge on any atom is 0.312 e. The Hall–Kier alpha value is -1.14. The lowest BCUT2D eigenvalue weighted by Gasteiger charge is -2.25. The molecule has 0 aromatic heterocycles. The number of fused-ring (bicyclic) bond motifs is 1.